The molecule has 3 heterocycles. The molecular weight excluding hydrogens is 331 g/mol. The van der Waals surface area contributed by atoms with Gasteiger partial charge in [0.15, 0.2) is 0 Å². The fraction of sp³-hybridized carbons (Fsp3) is 0.300. The maximum Gasteiger partial charge on any atom is 0.131 e. The van der Waals surface area contributed by atoms with Crippen LogP contribution in [0.25, 0.3) is 11.1 Å². The summed E-state index contributed by atoms with van der Waals surface area (Å²) in [5.41, 5.74) is 3.40. The van der Waals surface area contributed by atoms with Gasteiger partial charge in [-0.3, -0.25) is 14.6 Å². The predicted molar refractivity (Wildman–Crippen MR) is 96.8 cm³/mol. The Morgan fingerprint density at radius 2 is 2.08 bits per heavy atom. The molecule has 1 aliphatic rings. The number of halogens is 1. The second-order valence-corrected chi connectivity index (χ2v) is 6.57. The zero-order valence-corrected chi connectivity index (χ0v) is 14.7. The fourth-order valence-electron chi connectivity index (χ4n) is 3.29. The Morgan fingerprint density at radius 1 is 1.19 bits per heavy atom. The maximum absolute atomic E-state index is 13.9. The molecule has 1 aromatic carbocycles. The first-order valence-corrected chi connectivity index (χ1v) is 8.71. The van der Waals surface area contributed by atoms with E-state index in [2.05, 4.69) is 15.0 Å². The van der Waals surface area contributed by atoms with Crippen molar-refractivity contribution >= 4 is 0 Å². The third-order valence-corrected chi connectivity index (χ3v) is 4.62. The van der Waals surface area contributed by atoms with E-state index in [4.69, 9.17) is 4.74 Å². The molecule has 2 aromatic heterocycles. The van der Waals surface area contributed by atoms with E-state index >= 15 is 0 Å². The van der Waals surface area contributed by atoms with Crippen molar-refractivity contribution in [2.45, 2.75) is 12.6 Å². The van der Waals surface area contributed by atoms with E-state index in [1.807, 2.05) is 42.3 Å². The van der Waals surface area contributed by atoms with E-state index in [1.54, 1.807) is 18.3 Å². The molecule has 5 nitrogen and oxygen atoms in total. The Hall–Kier alpha value is -2.57. The van der Waals surface area contributed by atoms with Crippen LogP contribution < -0.4 is 0 Å². The van der Waals surface area contributed by atoms with Crippen LogP contribution in [0.3, 0.4) is 0 Å². The summed E-state index contributed by atoms with van der Waals surface area (Å²) in [6, 6.07) is 10.6. The lowest BCUT2D eigenvalue weighted by Crippen LogP contribution is -2.38. The van der Waals surface area contributed by atoms with Crippen LogP contribution in [0, 0.1) is 5.82 Å². The van der Waals surface area contributed by atoms with E-state index in [9.17, 15) is 4.39 Å². The van der Waals surface area contributed by atoms with Crippen LogP contribution in [0.15, 0.2) is 55.0 Å². The number of nitrogens with zero attached hydrogens (tertiary/aromatic N) is 4. The van der Waals surface area contributed by atoms with Gasteiger partial charge >= 0.3 is 0 Å². The molecule has 0 unspecified atom stereocenters. The number of ether oxygens (including phenoxy) is 1. The summed E-state index contributed by atoms with van der Waals surface area (Å²) in [5.74, 6) is -0.237. The molecule has 1 atom stereocenters. The van der Waals surface area contributed by atoms with Gasteiger partial charge in [-0.1, -0.05) is 24.3 Å². The molecule has 1 fully saturated rings. The molecule has 0 amide bonds. The SMILES string of the molecule is Cn1cc(CN2CCO[C@@H](c3ccc(-c4ccccc4F)cn3)C2)cn1. The second kappa shape index (κ2) is 7.35. The Labute approximate surface area is 152 Å². The quantitative estimate of drug-likeness (QED) is 0.723. The Balaban J connectivity index is 1.46. The molecule has 4 rings (SSSR count). The molecule has 0 aliphatic carbocycles. The van der Waals surface area contributed by atoms with Gasteiger partial charge in [-0.15, -0.1) is 0 Å². The lowest BCUT2D eigenvalue weighted by atomic mass is 10.1. The fourth-order valence-corrected chi connectivity index (χ4v) is 3.29. The third kappa shape index (κ3) is 3.66. The Kier molecular flexibility index (Phi) is 4.77. The van der Waals surface area contributed by atoms with Gasteiger partial charge in [-0.05, 0) is 12.1 Å². The van der Waals surface area contributed by atoms with Crippen molar-refractivity contribution in [2.24, 2.45) is 7.05 Å². The minimum absolute atomic E-state index is 0.0740. The summed E-state index contributed by atoms with van der Waals surface area (Å²) in [6.07, 6.45) is 5.57. The zero-order chi connectivity index (χ0) is 17.9. The van der Waals surface area contributed by atoms with Gasteiger partial charge in [0.05, 0.1) is 18.5 Å². The molecule has 0 spiro atoms. The number of hydrogen-bond acceptors (Lipinski definition) is 4. The van der Waals surface area contributed by atoms with Crippen molar-refractivity contribution in [3.8, 4) is 11.1 Å². The number of pyridine rings is 1. The number of aryl methyl sites for hydroxylation is 1. The monoisotopic (exact) mass is 352 g/mol. The molecule has 3 aromatic rings. The smallest absolute Gasteiger partial charge is 0.131 e. The van der Waals surface area contributed by atoms with Gasteiger partial charge in [-0.2, -0.15) is 5.10 Å². The Morgan fingerprint density at radius 3 is 2.81 bits per heavy atom. The number of hydrogen-bond donors (Lipinski definition) is 0. The summed E-state index contributed by atoms with van der Waals surface area (Å²) >= 11 is 0. The highest BCUT2D eigenvalue weighted by atomic mass is 19.1. The number of benzene rings is 1. The van der Waals surface area contributed by atoms with Gasteiger partial charge in [-0.25, -0.2) is 4.39 Å². The van der Waals surface area contributed by atoms with Crippen LogP contribution in [0.5, 0.6) is 0 Å². The first kappa shape index (κ1) is 16.9. The molecule has 1 saturated heterocycles. The molecule has 1 aliphatic heterocycles. The van der Waals surface area contributed by atoms with Gasteiger partial charge in [0.2, 0.25) is 0 Å². The van der Waals surface area contributed by atoms with Crippen LogP contribution in [0.4, 0.5) is 4.39 Å². The van der Waals surface area contributed by atoms with Crippen molar-refractivity contribution in [1.29, 1.82) is 0 Å². The largest absolute Gasteiger partial charge is 0.369 e. The van der Waals surface area contributed by atoms with Crippen LogP contribution in [0.1, 0.15) is 17.4 Å². The normalized spacial score (nSPS) is 18.2. The van der Waals surface area contributed by atoms with E-state index in [-0.39, 0.29) is 11.9 Å². The van der Waals surface area contributed by atoms with E-state index in [1.165, 1.54) is 11.6 Å². The minimum Gasteiger partial charge on any atom is -0.369 e. The number of morpholine rings is 1. The standard InChI is InChI=1S/C20H21FN4O/c1-24-12-15(10-23-24)13-25-8-9-26-20(14-25)19-7-6-16(11-22-19)17-4-2-3-5-18(17)21/h2-7,10-12,20H,8-9,13-14H2,1H3/t20-/m1/s1. The highest BCUT2D eigenvalue weighted by molar-refractivity contribution is 5.63. The van der Waals surface area contributed by atoms with Crippen molar-refractivity contribution in [2.75, 3.05) is 19.7 Å². The zero-order valence-electron chi connectivity index (χ0n) is 14.7. The Bertz CT molecular complexity index is 878. The molecule has 0 N–H and O–H groups in total. The van der Waals surface area contributed by atoms with Crippen molar-refractivity contribution < 1.29 is 9.13 Å². The average Bonchev–Trinajstić information content (AvgIpc) is 3.07. The molecular formula is C20H21FN4O. The minimum atomic E-state index is -0.237. The first-order valence-electron chi connectivity index (χ1n) is 8.71. The van der Waals surface area contributed by atoms with Crippen LogP contribution >= 0.6 is 0 Å². The van der Waals surface area contributed by atoms with E-state index < -0.39 is 0 Å². The molecule has 0 saturated carbocycles. The van der Waals surface area contributed by atoms with Crippen molar-refractivity contribution in [1.82, 2.24) is 19.7 Å². The average molecular weight is 352 g/mol. The molecule has 26 heavy (non-hydrogen) atoms. The molecule has 0 radical (unpaired) electrons. The first-order chi connectivity index (χ1) is 12.7. The third-order valence-electron chi connectivity index (χ3n) is 4.62. The topological polar surface area (TPSA) is 43.2 Å². The van der Waals surface area contributed by atoms with Crippen molar-refractivity contribution in [3.63, 3.8) is 0 Å². The lowest BCUT2D eigenvalue weighted by Gasteiger charge is -2.32. The summed E-state index contributed by atoms with van der Waals surface area (Å²) < 4.78 is 21.6. The summed E-state index contributed by atoms with van der Waals surface area (Å²) in [4.78, 5) is 6.88. The number of aromatic nitrogens is 3. The van der Waals surface area contributed by atoms with Crippen LogP contribution in [-0.2, 0) is 18.3 Å². The van der Waals surface area contributed by atoms with E-state index in [0.717, 1.165) is 30.9 Å². The van der Waals surface area contributed by atoms with Gasteiger partial charge < -0.3 is 4.74 Å². The van der Waals surface area contributed by atoms with Crippen LogP contribution in [-0.4, -0.2) is 39.4 Å². The number of rotatable bonds is 4. The molecule has 6 heteroatoms. The summed E-state index contributed by atoms with van der Waals surface area (Å²) in [6.45, 7) is 3.18. The predicted octanol–water partition coefficient (Wildman–Crippen LogP) is 3.19. The van der Waals surface area contributed by atoms with Crippen molar-refractivity contribution in [3.05, 3.63) is 72.1 Å². The summed E-state index contributed by atoms with van der Waals surface area (Å²) in [7, 11) is 1.92. The molecule has 0 bridgehead atoms. The molecule has 134 valence electrons. The van der Waals surface area contributed by atoms with Crippen LogP contribution in [0.2, 0.25) is 0 Å². The highest BCUT2D eigenvalue weighted by Crippen LogP contribution is 2.26. The summed E-state index contributed by atoms with van der Waals surface area (Å²) in [5, 5.41) is 4.22. The lowest BCUT2D eigenvalue weighted by molar-refractivity contribution is -0.0349. The van der Waals surface area contributed by atoms with Gasteiger partial charge in [0, 0.05) is 55.8 Å². The second-order valence-electron chi connectivity index (χ2n) is 6.57. The van der Waals surface area contributed by atoms with Gasteiger partial charge in [0.25, 0.3) is 0 Å². The maximum atomic E-state index is 13.9. The van der Waals surface area contributed by atoms with E-state index in [0.29, 0.717) is 12.2 Å². The van der Waals surface area contributed by atoms with Gasteiger partial charge in [0.1, 0.15) is 11.9 Å². The highest BCUT2D eigenvalue weighted by Gasteiger charge is 2.23.